The van der Waals surface area contributed by atoms with E-state index in [2.05, 4.69) is 15.5 Å². The number of benzene rings is 3. The smallest absolute Gasteiger partial charge is 0.258 e. The quantitative estimate of drug-likeness (QED) is 0.350. The molecule has 35 heavy (non-hydrogen) atoms. The molecule has 0 spiro atoms. The van der Waals surface area contributed by atoms with Crippen molar-refractivity contribution in [2.24, 2.45) is 0 Å². The van der Waals surface area contributed by atoms with E-state index in [4.69, 9.17) is 21.5 Å². The zero-order valence-corrected chi connectivity index (χ0v) is 19.6. The Labute approximate surface area is 205 Å². The van der Waals surface area contributed by atoms with Gasteiger partial charge in [0.2, 0.25) is 5.82 Å². The van der Waals surface area contributed by atoms with Gasteiger partial charge in [-0.25, -0.2) is 8.78 Å². The van der Waals surface area contributed by atoms with Crippen LogP contribution in [-0.2, 0) is 0 Å². The standard InChI is InChI=1S/C26H20F2N4O2S/c1-15-22(25-30-24(31-34-25)17-6-4-3-5-7-17)23(16-8-10-21(33-2)11-9-16)29-26(35)32(15)20-13-18(27)12-19(28)14-20/h3-14,23H,1-2H3,(H,29,35). The summed E-state index contributed by atoms with van der Waals surface area (Å²) in [6.07, 6.45) is 0. The van der Waals surface area contributed by atoms with Gasteiger partial charge in [0.25, 0.3) is 5.89 Å². The molecule has 3 aromatic carbocycles. The van der Waals surface area contributed by atoms with Gasteiger partial charge >= 0.3 is 0 Å². The van der Waals surface area contributed by atoms with Crippen LogP contribution in [0.25, 0.3) is 17.0 Å². The highest BCUT2D eigenvalue weighted by Crippen LogP contribution is 2.39. The fraction of sp³-hybridized carbons (Fsp3) is 0.115. The summed E-state index contributed by atoms with van der Waals surface area (Å²) in [5.41, 5.74) is 3.13. The molecule has 1 aliphatic rings. The van der Waals surface area contributed by atoms with Crippen molar-refractivity contribution < 1.29 is 18.0 Å². The Bertz CT molecular complexity index is 1400. The third kappa shape index (κ3) is 4.38. The molecule has 5 rings (SSSR count). The number of ether oxygens (including phenoxy) is 1. The summed E-state index contributed by atoms with van der Waals surface area (Å²) < 4.78 is 39.1. The number of thiocarbonyl (C=S) groups is 1. The van der Waals surface area contributed by atoms with Crippen molar-refractivity contribution in [3.05, 3.63) is 102 Å². The first-order chi connectivity index (χ1) is 16.9. The lowest BCUT2D eigenvalue weighted by molar-refractivity contribution is 0.404. The summed E-state index contributed by atoms with van der Waals surface area (Å²) in [5.74, 6) is -0.0301. The van der Waals surface area contributed by atoms with Gasteiger partial charge in [0.15, 0.2) is 5.11 Å². The molecule has 0 amide bonds. The fourth-order valence-corrected chi connectivity index (χ4v) is 4.44. The van der Waals surface area contributed by atoms with E-state index in [1.807, 2.05) is 54.6 Å². The van der Waals surface area contributed by atoms with Crippen LogP contribution >= 0.6 is 12.2 Å². The van der Waals surface area contributed by atoms with E-state index >= 15 is 0 Å². The molecule has 2 heterocycles. The number of anilines is 1. The topological polar surface area (TPSA) is 63.4 Å². The predicted molar refractivity (Wildman–Crippen MR) is 133 cm³/mol. The number of nitrogens with zero attached hydrogens (tertiary/aromatic N) is 3. The Morgan fingerprint density at radius 1 is 1.00 bits per heavy atom. The number of aromatic nitrogens is 2. The molecule has 9 heteroatoms. The highest BCUT2D eigenvalue weighted by molar-refractivity contribution is 7.80. The Hall–Kier alpha value is -4.11. The number of methoxy groups -OCH3 is 1. The average Bonchev–Trinajstić information content (AvgIpc) is 3.33. The summed E-state index contributed by atoms with van der Waals surface area (Å²) in [6, 6.07) is 19.7. The molecule has 0 radical (unpaired) electrons. The number of halogens is 2. The van der Waals surface area contributed by atoms with E-state index in [1.165, 1.54) is 12.1 Å². The number of nitrogens with one attached hydrogen (secondary N) is 1. The number of allylic oxidation sites excluding steroid dienone is 1. The van der Waals surface area contributed by atoms with Crippen LogP contribution in [0.4, 0.5) is 14.5 Å². The maximum atomic E-state index is 14.1. The van der Waals surface area contributed by atoms with Crippen LogP contribution in [0.3, 0.4) is 0 Å². The van der Waals surface area contributed by atoms with Crippen molar-refractivity contribution in [3.8, 4) is 17.1 Å². The lowest BCUT2D eigenvalue weighted by atomic mass is 9.94. The van der Waals surface area contributed by atoms with Crippen LogP contribution in [0.15, 0.2) is 83.0 Å². The van der Waals surface area contributed by atoms with E-state index in [0.717, 1.165) is 17.2 Å². The van der Waals surface area contributed by atoms with Gasteiger partial charge in [-0.15, -0.1) is 0 Å². The largest absolute Gasteiger partial charge is 0.497 e. The number of rotatable bonds is 5. The van der Waals surface area contributed by atoms with Crippen LogP contribution in [0.5, 0.6) is 5.75 Å². The second kappa shape index (κ2) is 9.27. The molecule has 0 bridgehead atoms. The second-order valence-corrected chi connectivity index (χ2v) is 8.29. The summed E-state index contributed by atoms with van der Waals surface area (Å²) in [5, 5.41) is 7.71. The van der Waals surface area contributed by atoms with Gasteiger partial charge < -0.3 is 14.6 Å². The minimum atomic E-state index is -0.710. The molecular weight excluding hydrogens is 470 g/mol. The summed E-state index contributed by atoms with van der Waals surface area (Å²) >= 11 is 5.63. The molecule has 176 valence electrons. The molecular formula is C26H20F2N4O2S. The maximum absolute atomic E-state index is 14.1. The molecule has 0 aliphatic carbocycles. The van der Waals surface area contributed by atoms with Crippen molar-refractivity contribution >= 4 is 28.6 Å². The lowest BCUT2D eigenvalue weighted by Gasteiger charge is -2.37. The molecule has 0 saturated heterocycles. The highest BCUT2D eigenvalue weighted by atomic mass is 32.1. The van der Waals surface area contributed by atoms with Gasteiger partial charge in [0.1, 0.15) is 17.4 Å². The van der Waals surface area contributed by atoms with Crippen LogP contribution in [0, 0.1) is 11.6 Å². The number of hydrogen-bond acceptors (Lipinski definition) is 5. The molecule has 1 aromatic heterocycles. The van der Waals surface area contributed by atoms with Crippen molar-refractivity contribution in [3.63, 3.8) is 0 Å². The maximum Gasteiger partial charge on any atom is 0.258 e. The van der Waals surface area contributed by atoms with Gasteiger partial charge in [-0.2, -0.15) is 4.98 Å². The molecule has 0 saturated carbocycles. The molecule has 0 fully saturated rings. The summed E-state index contributed by atoms with van der Waals surface area (Å²) in [6.45, 7) is 1.80. The van der Waals surface area contributed by atoms with Gasteiger partial charge in [-0.3, -0.25) is 4.90 Å². The first-order valence-electron chi connectivity index (χ1n) is 10.8. The van der Waals surface area contributed by atoms with Crippen molar-refractivity contribution in [2.75, 3.05) is 12.0 Å². The fourth-order valence-electron chi connectivity index (χ4n) is 4.08. The Balaban J connectivity index is 1.66. The SMILES string of the molecule is COc1ccc(C2NC(=S)N(c3cc(F)cc(F)c3)C(C)=C2c2nc(-c3ccccc3)no2)cc1. The first-order valence-corrected chi connectivity index (χ1v) is 11.2. The molecule has 1 aliphatic heterocycles. The molecule has 1 atom stereocenters. The van der Waals surface area contributed by atoms with Gasteiger partial charge in [-0.1, -0.05) is 47.6 Å². The zero-order chi connectivity index (χ0) is 24.5. The zero-order valence-electron chi connectivity index (χ0n) is 18.8. The van der Waals surface area contributed by atoms with Crippen LogP contribution in [0.2, 0.25) is 0 Å². The van der Waals surface area contributed by atoms with E-state index in [0.29, 0.717) is 22.8 Å². The van der Waals surface area contributed by atoms with Crippen LogP contribution < -0.4 is 15.0 Å². The van der Waals surface area contributed by atoms with Crippen molar-refractivity contribution in [1.29, 1.82) is 0 Å². The monoisotopic (exact) mass is 490 g/mol. The summed E-state index contributed by atoms with van der Waals surface area (Å²) in [4.78, 5) is 6.19. The van der Waals surface area contributed by atoms with E-state index < -0.39 is 17.7 Å². The molecule has 6 nitrogen and oxygen atoms in total. The minimum absolute atomic E-state index is 0.242. The lowest BCUT2D eigenvalue weighted by Crippen LogP contribution is -2.46. The molecule has 1 N–H and O–H groups in total. The van der Waals surface area contributed by atoms with E-state index in [9.17, 15) is 8.78 Å². The van der Waals surface area contributed by atoms with E-state index in [-0.39, 0.29) is 16.7 Å². The molecule has 4 aromatic rings. The van der Waals surface area contributed by atoms with Gasteiger partial charge in [0, 0.05) is 17.3 Å². The van der Waals surface area contributed by atoms with Crippen LogP contribution in [-0.4, -0.2) is 22.4 Å². The Morgan fingerprint density at radius 2 is 1.69 bits per heavy atom. The third-order valence-electron chi connectivity index (χ3n) is 5.73. The predicted octanol–water partition coefficient (Wildman–Crippen LogP) is 5.89. The van der Waals surface area contributed by atoms with Crippen LogP contribution in [0.1, 0.15) is 24.4 Å². The third-order valence-corrected chi connectivity index (χ3v) is 6.03. The number of hydrogen-bond donors (Lipinski definition) is 1. The molecule has 1 unspecified atom stereocenters. The Kier molecular flexibility index (Phi) is 6.00. The van der Waals surface area contributed by atoms with Gasteiger partial charge in [0.05, 0.1) is 24.4 Å². The Morgan fingerprint density at radius 3 is 2.34 bits per heavy atom. The van der Waals surface area contributed by atoms with Crippen molar-refractivity contribution in [1.82, 2.24) is 15.5 Å². The normalized spacial score (nSPS) is 15.8. The first kappa shape index (κ1) is 22.7. The minimum Gasteiger partial charge on any atom is -0.497 e. The van der Waals surface area contributed by atoms with Crippen molar-refractivity contribution in [2.45, 2.75) is 13.0 Å². The second-order valence-electron chi connectivity index (χ2n) is 7.91. The van der Waals surface area contributed by atoms with Gasteiger partial charge in [-0.05, 0) is 49.0 Å². The van der Waals surface area contributed by atoms with E-state index in [1.54, 1.807) is 18.9 Å². The highest BCUT2D eigenvalue weighted by Gasteiger charge is 2.35. The summed E-state index contributed by atoms with van der Waals surface area (Å²) in [7, 11) is 1.60. The average molecular weight is 491 g/mol.